The average molecular weight is 328 g/mol. The number of rotatable bonds is 5. The van der Waals surface area contributed by atoms with E-state index in [1.165, 1.54) is 12.1 Å². The fourth-order valence-electron chi connectivity index (χ4n) is 1.81. The minimum absolute atomic E-state index is 0.0270. The molecule has 0 fully saturated rings. The van der Waals surface area contributed by atoms with Gasteiger partial charge < -0.3 is 9.84 Å². The van der Waals surface area contributed by atoms with Gasteiger partial charge >= 0.3 is 0 Å². The third-order valence-corrected chi connectivity index (χ3v) is 3.45. The van der Waals surface area contributed by atoms with E-state index in [-0.39, 0.29) is 23.9 Å². The maximum absolute atomic E-state index is 11.0. The molecule has 0 heterocycles. The van der Waals surface area contributed by atoms with Gasteiger partial charge in [-0.1, -0.05) is 29.3 Å². The second kappa shape index (κ2) is 6.76. The van der Waals surface area contributed by atoms with Crippen molar-refractivity contribution >= 4 is 28.9 Å². The highest BCUT2D eigenvalue weighted by molar-refractivity contribution is 6.31. The quantitative estimate of drug-likeness (QED) is 0.666. The number of benzene rings is 2. The Labute approximate surface area is 130 Å². The molecule has 21 heavy (non-hydrogen) atoms. The average Bonchev–Trinajstić information content (AvgIpc) is 2.45. The molecule has 0 bridgehead atoms. The summed E-state index contributed by atoms with van der Waals surface area (Å²) in [6.45, 7) is -0.307. The molecule has 0 aromatic heterocycles. The van der Waals surface area contributed by atoms with Crippen molar-refractivity contribution in [3.05, 3.63) is 67.7 Å². The lowest BCUT2D eigenvalue weighted by molar-refractivity contribution is -0.385. The van der Waals surface area contributed by atoms with Gasteiger partial charge in [-0.05, 0) is 24.3 Å². The molecule has 0 saturated heterocycles. The summed E-state index contributed by atoms with van der Waals surface area (Å²) < 4.78 is 5.53. The first-order valence-electron chi connectivity index (χ1n) is 5.96. The van der Waals surface area contributed by atoms with Crippen LogP contribution in [0, 0.1) is 10.1 Å². The predicted octanol–water partition coefficient (Wildman–Crippen LogP) is 3.97. The fourth-order valence-corrected chi connectivity index (χ4v) is 2.20. The summed E-state index contributed by atoms with van der Waals surface area (Å²) in [6, 6.07) is 9.30. The van der Waals surface area contributed by atoms with Crippen molar-refractivity contribution in [2.75, 3.05) is 0 Å². The Bertz CT molecular complexity index is 676. The second-order valence-electron chi connectivity index (χ2n) is 4.19. The van der Waals surface area contributed by atoms with Crippen LogP contribution in [-0.2, 0) is 13.2 Å². The summed E-state index contributed by atoms with van der Waals surface area (Å²) in [5.74, 6) is 0.384. The molecule has 0 atom stereocenters. The highest BCUT2D eigenvalue weighted by Gasteiger charge is 2.15. The van der Waals surface area contributed by atoms with E-state index in [9.17, 15) is 15.2 Å². The zero-order valence-corrected chi connectivity index (χ0v) is 12.3. The molecule has 0 unspecified atom stereocenters. The Morgan fingerprint density at radius 3 is 2.67 bits per heavy atom. The molecule has 0 saturated carbocycles. The number of aliphatic hydroxyl groups is 1. The Morgan fingerprint density at radius 2 is 2.00 bits per heavy atom. The third-order valence-electron chi connectivity index (χ3n) is 2.86. The van der Waals surface area contributed by atoms with Crippen LogP contribution in [0.4, 0.5) is 5.69 Å². The molecular formula is C14H11Cl2NO4. The molecule has 0 amide bonds. The maximum atomic E-state index is 11.0. The minimum Gasteiger partial charge on any atom is -0.488 e. The predicted molar refractivity (Wildman–Crippen MR) is 79.8 cm³/mol. The zero-order chi connectivity index (χ0) is 15.4. The lowest BCUT2D eigenvalue weighted by Gasteiger charge is -2.11. The van der Waals surface area contributed by atoms with E-state index in [0.29, 0.717) is 21.9 Å². The van der Waals surface area contributed by atoms with Crippen molar-refractivity contribution in [1.82, 2.24) is 0 Å². The van der Waals surface area contributed by atoms with Crippen LogP contribution in [-0.4, -0.2) is 10.0 Å². The van der Waals surface area contributed by atoms with Gasteiger partial charge in [-0.2, -0.15) is 0 Å². The molecule has 5 nitrogen and oxygen atoms in total. The van der Waals surface area contributed by atoms with Crippen LogP contribution in [0.15, 0.2) is 36.4 Å². The number of halogens is 2. The van der Waals surface area contributed by atoms with Crippen LogP contribution in [0.5, 0.6) is 5.75 Å². The molecule has 2 aromatic rings. The molecule has 0 aliphatic carbocycles. The molecular weight excluding hydrogens is 317 g/mol. The minimum atomic E-state index is -0.518. The Balaban J connectivity index is 2.25. The Morgan fingerprint density at radius 1 is 1.24 bits per heavy atom. The topological polar surface area (TPSA) is 72.6 Å². The lowest BCUT2D eigenvalue weighted by atomic mass is 10.2. The zero-order valence-electron chi connectivity index (χ0n) is 10.8. The maximum Gasteiger partial charge on any atom is 0.277 e. The SMILES string of the molecule is O=[N+]([O-])c1cc(Cl)ccc1COc1cccc(Cl)c1CO. The van der Waals surface area contributed by atoms with Crippen molar-refractivity contribution in [3.8, 4) is 5.75 Å². The van der Waals surface area contributed by atoms with Gasteiger partial charge in [0.15, 0.2) is 0 Å². The van der Waals surface area contributed by atoms with Gasteiger partial charge in [0.25, 0.3) is 5.69 Å². The summed E-state index contributed by atoms with van der Waals surface area (Å²) >= 11 is 11.7. The van der Waals surface area contributed by atoms with Crippen molar-refractivity contribution in [3.63, 3.8) is 0 Å². The van der Waals surface area contributed by atoms with Crippen molar-refractivity contribution in [2.24, 2.45) is 0 Å². The number of aliphatic hydroxyl groups excluding tert-OH is 1. The van der Waals surface area contributed by atoms with Crippen LogP contribution in [0.25, 0.3) is 0 Å². The highest BCUT2D eigenvalue weighted by Crippen LogP contribution is 2.29. The van der Waals surface area contributed by atoms with Crippen molar-refractivity contribution in [1.29, 1.82) is 0 Å². The van der Waals surface area contributed by atoms with E-state index in [4.69, 9.17) is 27.9 Å². The molecule has 2 rings (SSSR count). The first-order chi connectivity index (χ1) is 10.0. The molecule has 7 heteroatoms. The van der Waals surface area contributed by atoms with Gasteiger partial charge in [-0.25, -0.2) is 0 Å². The molecule has 2 aromatic carbocycles. The van der Waals surface area contributed by atoms with E-state index in [1.807, 2.05) is 0 Å². The van der Waals surface area contributed by atoms with E-state index < -0.39 is 4.92 Å². The van der Waals surface area contributed by atoms with Crippen molar-refractivity contribution in [2.45, 2.75) is 13.2 Å². The van der Waals surface area contributed by atoms with E-state index in [2.05, 4.69) is 0 Å². The Kier molecular flexibility index (Phi) is 5.01. The van der Waals surface area contributed by atoms with Gasteiger partial charge in [-0.15, -0.1) is 0 Å². The molecule has 0 radical (unpaired) electrons. The third kappa shape index (κ3) is 3.64. The van der Waals surface area contributed by atoms with Gasteiger partial charge in [0.05, 0.1) is 17.1 Å². The van der Waals surface area contributed by atoms with Crippen LogP contribution < -0.4 is 4.74 Å². The summed E-state index contributed by atoms with van der Waals surface area (Å²) in [6.07, 6.45) is 0. The van der Waals surface area contributed by atoms with Crippen molar-refractivity contribution < 1.29 is 14.8 Å². The number of nitro benzene ring substituents is 1. The Hall–Kier alpha value is -1.82. The van der Waals surface area contributed by atoms with E-state index >= 15 is 0 Å². The smallest absolute Gasteiger partial charge is 0.277 e. The van der Waals surface area contributed by atoms with Crippen LogP contribution in [0.2, 0.25) is 10.0 Å². The summed E-state index contributed by atoms with van der Waals surface area (Å²) in [5.41, 5.74) is 0.708. The number of nitro groups is 1. The van der Waals surface area contributed by atoms with Crippen LogP contribution in [0.1, 0.15) is 11.1 Å². The first-order valence-corrected chi connectivity index (χ1v) is 6.72. The summed E-state index contributed by atoms with van der Waals surface area (Å²) in [5, 5.41) is 20.9. The van der Waals surface area contributed by atoms with Gasteiger partial charge in [-0.3, -0.25) is 10.1 Å². The number of ether oxygens (including phenoxy) is 1. The highest BCUT2D eigenvalue weighted by atomic mass is 35.5. The summed E-state index contributed by atoms with van der Waals surface area (Å²) in [7, 11) is 0. The van der Waals surface area contributed by atoms with Gasteiger partial charge in [0, 0.05) is 21.7 Å². The fraction of sp³-hybridized carbons (Fsp3) is 0.143. The van der Waals surface area contributed by atoms with Gasteiger partial charge in [0.2, 0.25) is 0 Å². The van der Waals surface area contributed by atoms with Crippen LogP contribution in [0.3, 0.4) is 0 Å². The number of nitrogens with zero attached hydrogens (tertiary/aromatic N) is 1. The molecule has 1 N–H and O–H groups in total. The molecule has 0 aliphatic rings. The number of hydrogen-bond donors (Lipinski definition) is 1. The van der Waals surface area contributed by atoms with E-state index in [1.54, 1.807) is 24.3 Å². The molecule has 0 spiro atoms. The number of hydrogen-bond acceptors (Lipinski definition) is 4. The second-order valence-corrected chi connectivity index (χ2v) is 5.04. The van der Waals surface area contributed by atoms with E-state index in [0.717, 1.165) is 0 Å². The molecule has 0 aliphatic heterocycles. The molecule has 110 valence electrons. The first kappa shape index (κ1) is 15.6. The largest absolute Gasteiger partial charge is 0.488 e. The lowest BCUT2D eigenvalue weighted by Crippen LogP contribution is -2.02. The van der Waals surface area contributed by atoms with Gasteiger partial charge in [0.1, 0.15) is 12.4 Å². The standard InChI is InChI=1S/C14H11Cl2NO4/c15-10-5-4-9(13(6-10)17(19)20)8-21-14-3-1-2-12(16)11(14)7-18/h1-6,18H,7-8H2. The monoisotopic (exact) mass is 327 g/mol. The summed E-state index contributed by atoms with van der Waals surface area (Å²) in [4.78, 5) is 10.5. The normalized spacial score (nSPS) is 10.4. The van der Waals surface area contributed by atoms with Crippen LogP contribution >= 0.6 is 23.2 Å².